The number of methoxy groups -OCH3 is 1. The lowest BCUT2D eigenvalue weighted by atomic mass is 9.83. The highest BCUT2D eigenvalue weighted by atomic mass is 16.5. The first-order valence-electron chi connectivity index (χ1n) is 9.90. The summed E-state index contributed by atoms with van der Waals surface area (Å²) in [6.45, 7) is -0.101. The van der Waals surface area contributed by atoms with Gasteiger partial charge in [0, 0.05) is 19.4 Å². The van der Waals surface area contributed by atoms with Crippen molar-refractivity contribution >= 4 is 23.8 Å². The van der Waals surface area contributed by atoms with Gasteiger partial charge in [-0.3, -0.25) is 9.59 Å². The third-order valence-electron chi connectivity index (χ3n) is 4.88. The molecule has 9 nitrogen and oxygen atoms in total. The number of carbonyl (C=O) groups excluding carboxylic acids is 4. The quantitative estimate of drug-likeness (QED) is 0.510. The van der Waals surface area contributed by atoms with Gasteiger partial charge in [0.25, 0.3) is 0 Å². The van der Waals surface area contributed by atoms with E-state index in [-0.39, 0.29) is 37.7 Å². The van der Waals surface area contributed by atoms with E-state index in [1.165, 1.54) is 7.11 Å². The van der Waals surface area contributed by atoms with Crippen molar-refractivity contribution in [3.05, 3.63) is 35.9 Å². The Hall–Kier alpha value is -2.94. The zero-order valence-electron chi connectivity index (χ0n) is 17.0. The van der Waals surface area contributed by atoms with Crippen LogP contribution in [0.15, 0.2) is 30.3 Å². The number of rotatable bonds is 9. The summed E-state index contributed by atoms with van der Waals surface area (Å²) in [5.41, 5.74) is 0.822. The maximum absolute atomic E-state index is 12.3. The molecule has 0 saturated heterocycles. The maximum Gasteiger partial charge on any atom is 0.407 e. The fourth-order valence-corrected chi connectivity index (χ4v) is 3.33. The highest BCUT2D eigenvalue weighted by Gasteiger charge is 2.34. The van der Waals surface area contributed by atoms with Crippen LogP contribution in [0.4, 0.5) is 4.79 Å². The Morgan fingerprint density at radius 1 is 1.23 bits per heavy atom. The van der Waals surface area contributed by atoms with Gasteiger partial charge in [0.05, 0.1) is 19.6 Å². The molecule has 1 aliphatic rings. The summed E-state index contributed by atoms with van der Waals surface area (Å²) in [5.74, 6) is -1.48. The molecule has 9 heteroatoms. The Kier molecular flexibility index (Phi) is 9.27. The predicted octanol–water partition coefficient (Wildman–Crippen LogP) is 1.08. The van der Waals surface area contributed by atoms with Crippen LogP contribution in [0.2, 0.25) is 0 Å². The van der Waals surface area contributed by atoms with Crippen LogP contribution in [0.1, 0.15) is 37.7 Å². The molecule has 3 N–H and O–H groups in total. The van der Waals surface area contributed by atoms with Crippen LogP contribution in [-0.2, 0) is 30.5 Å². The van der Waals surface area contributed by atoms with Crippen molar-refractivity contribution in [2.45, 2.75) is 50.9 Å². The third-order valence-corrected chi connectivity index (χ3v) is 4.88. The van der Waals surface area contributed by atoms with E-state index in [0.29, 0.717) is 19.3 Å². The van der Waals surface area contributed by atoms with Gasteiger partial charge in [-0.2, -0.15) is 0 Å². The van der Waals surface area contributed by atoms with E-state index in [9.17, 15) is 24.3 Å². The molecule has 0 spiro atoms. The molecule has 1 aromatic rings. The highest BCUT2D eigenvalue weighted by Crippen LogP contribution is 2.25. The lowest BCUT2D eigenvalue weighted by molar-refractivity contribution is -0.147. The Balaban J connectivity index is 1.75. The number of aliphatic hydroxyl groups is 1. The lowest BCUT2D eigenvalue weighted by Gasteiger charge is -2.28. The summed E-state index contributed by atoms with van der Waals surface area (Å²) in [6.07, 6.45) is -0.242. The minimum absolute atomic E-state index is 0.0488. The molecule has 30 heavy (non-hydrogen) atoms. The van der Waals surface area contributed by atoms with Crippen LogP contribution in [0.25, 0.3) is 0 Å². The van der Waals surface area contributed by atoms with Crippen molar-refractivity contribution in [1.82, 2.24) is 10.6 Å². The van der Waals surface area contributed by atoms with Gasteiger partial charge in [-0.05, 0) is 24.3 Å². The number of ether oxygens (including phenoxy) is 2. The third kappa shape index (κ3) is 7.82. The van der Waals surface area contributed by atoms with Crippen molar-refractivity contribution in [1.29, 1.82) is 0 Å². The number of amides is 2. The highest BCUT2D eigenvalue weighted by molar-refractivity contribution is 5.86. The van der Waals surface area contributed by atoms with Gasteiger partial charge < -0.3 is 25.2 Å². The topological polar surface area (TPSA) is 131 Å². The van der Waals surface area contributed by atoms with Gasteiger partial charge in [-0.1, -0.05) is 30.3 Å². The second-order valence-corrected chi connectivity index (χ2v) is 7.26. The largest absolute Gasteiger partial charge is 0.467 e. The Morgan fingerprint density at radius 3 is 2.63 bits per heavy atom. The van der Waals surface area contributed by atoms with Gasteiger partial charge in [-0.25, -0.2) is 9.59 Å². The molecule has 1 aromatic carbocycles. The van der Waals surface area contributed by atoms with Crippen molar-refractivity contribution in [2.75, 3.05) is 13.7 Å². The first-order chi connectivity index (χ1) is 14.4. The predicted molar refractivity (Wildman–Crippen MR) is 106 cm³/mol. The van der Waals surface area contributed by atoms with Gasteiger partial charge in [0.2, 0.25) is 5.91 Å². The summed E-state index contributed by atoms with van der Waals surface area (Å²) >= 11 is 0. The minimum Gasteiger partial charge on any atom is -0.467 e. The molecule has 0 heterocycles. The lowest BCUT2D eigenvalue weighted by Crippen LogP contribution is -2.49. The van der Waals surface area contributed by atoms with E-state index < -0.39 is 30.1 Å². The number of hydrogen-bond donors (Lipinski definition) is 3. The first-order valence-corrected chi connectivity index (χ1v) is 9.90. The van der Waals surface area contributed by atoms with Crippen LogP contribution in [-0.4, -0.2) is 54.7 Å². The molecule has 0 aromatic heterocycles. The zero-order chi connectivity index (χ0) is 21.9. The normalized spacial score (nSPS) is 18.1. The van der Waals surface area contributed by atoms with Gasteiger partial charge in [-0.15, -0.1) is 0 Å². The molecule has 3 atom stereocenters. The fraction of sp³-hybridized carbons (Fsp3) is 0.524. The number of benzene rings is 1. The number of aliphatic hydroxyl groups excluding tert-OH is 1. The smallest absolute Gasteiger partial charge is 0.407 e. The molecule has 0 aliphatic heterocycles. The monoisotopic (exact) mass is 420 g/mol. The second kappa shape index (κ2) is 11.9. The van der Waals surface area contributed by atoms with E-state index in [1.807, 2.05) is 30.3 Å². The Morgan fingerprint density at radius 2 is 1.97 bits per heavy atom. The van der Waals surface area contributed by atoms with Crippen molar-refractivity contribution in [2.24, 2.45) is 5.92 Å². The fourth-order valence-electron chi connectivity index (χ4n) is 3.33. The average molecular weight is 420 g/mol. The summed E-state index contributed by atoms with van der Waals surface area (Å²) < 4.78 is 9.78. The molecule has 1 fully saturated rings. The molecule has 1 aliphatic carbocycles. The van der Waals surface area contributed by atoms with Gasteiger partial charge in [0.1, 0.15) is 18.4 Å². The second-order valence-electron chi connectivity index (χ2n) is 7.26. The first kappa shape index (κ1) is 23.3. The van der Waals surface area contributed by atoms with Crippen LogP contribution in [0.5, 0.6) is 0 Å². The van der Waals surface area contributed by atoms with Crippen molar-refractivity contribution in [3.8, 4) is 0 Å². The molecule has 2 rings (SSSR count). The SMILES string of the molecule is COC(=O)[C@H](NC(=O)C[C@@H](O)CNC(=O)OCc1ccccc1)[C@H]1CCCC(=O)C1. The minimum atomic E-state index is -1.17. The number of Topliss-reactive ketones (excluding diaryl/α,β-unsaturated/α-hetero) is 1. The summed E-state index contributed by atoms with van der Waals surface area (Å²) in [4.78, 5) is 47.7. The number of esters is 1. The molecule has 0 bridgehead atoms. The molecular weight excluding hydrogens is 392 g/mol. The maximum atomic E-state index is 12.3. The molecule has 1 saturated carbocycles. The standard InChI is InChI=1S/C21H28N2O7/c1-29-20(27)19(15-8-5-9-16(24)10-15)23-18(26)11-17(25)12-22-21(28)30-13-14-6-3-2-4-7-14/h2-4,6-7,15,17,19,25H,5,8-13H2,1H3,(H,22,28)(H,23,26)/t15-,17+,19+/m0/s1. The van der Waals surface area contributed by atoms with Crippen LogP contribution in [0, 0.1) is 5.92 Å². The molecule has 2 amide bonds. The average Bonchev–Trinajstić information content (AvgIpc) is 2.74. The van der Waals surface area contributed by atoms with Gasteiger partial charge >= 0.3 is 12.1 Å². The Labute approximate surface area is 175 Å². The van der Waals surface area contributed by atoms with E-state index >= 15 is 0 Å². The van der Waals surface area contributed by atoms with E-state index in [4.69, 9.17) is 9.47 Å². The van der Waals surface area contributed by atoms with Gasteiger partial charge in [0.15, 0.2) is 0 Å². The molecule has 0 unspecified atom stereocenters. The molecule has 164 valence electrons. The number of ketones is 1. The number of alkyl carbamates (subject to hydrolysis) is 1. The number of hydrogen-bond acceptors (Lipinski definition) is 7. The number of carbonyl (C=O) groups is 4. The van der Waals surface area contributed by atoms with E-state index in [0.717, 1.165) is 5.56 Å². The van der Waals surface area contributed by atoms with Crippen molar-refractivity contribution in [3.63, 3.8) is 0 Å². The number of nitrogens with one attached hydrogen (secondary N) is 2. The summed E-state index contributed by atoms with van der Waals surface area (Å²) in [5, 5.41) is 15.0. The summed E-state index contributed by atoms with van der Waals surface area (Å²) in [7, 11) is 1.21. The van der Waals surface area contributed by atoms with Crippen molar-refractivity contribution < 1.29 is 33.8 Å². The van der Waals surface area contributed by atoms with Crippen LogP contribution < -0.4 is 10.6 Å². The van der Waals surface area contributed by atoms with Crippen LogP contribution >= 0.6 is 0 Å². The summed E-state index contributed by atoms with van der Waals surface area (Å²) in [6, 6.07) is 8.17. The molecular formula is C21H28N2O7. The van der Waals surface area contributed by atoms with E-state index in [1.54, 1.807) is 0 Å². The van der Waals surface area contributed by atoms with Crippen LogP contribution in [0.3, 0.4) is 0 Å². The zero-order valence-corrected chi connectivity index (χ0v) is 17.0. The van der Waals surface area contributed by atoms with E-state index in [2.05, 4.69) is 10.6 Å². The molecule has 0 radical (unpaired) electrons. The Bertz CT molecular complexity index is 738.